The van der Waals surface area contributed by atoms with E-state index in [0.29, 0.717) is 18.7 Å². The van der Waals surface area contributed by atoms with Crippen molar-refractivity contribution in [1.29, 1.82) is 0 Å². The van der Waals surface area contributed by atoms with Crippen LogP contribution in [0.4, 0.5) is 4.39 Å². The first-order valence-corrected chi connectivity index (χ1v) is 9.66. The predicted molar refractivity (Wildman–Crippen MR) is 111 cm³/mol. The van der Waals surface area contributed by atoms with Crippen molar-refractivity contribution in [3.63, 3.8) is 0 Å². The molecule has 2 rings (SSSR count). The lowest BCUT2D eigenvalue weighted by molar-refractivity contribution is -0.121. The molecule has 0 saturated carbocycles. The number of nitrogens with one attached hydrogen (secondary N) is 1. The summed E-state index contributed by atoms with van der Waals surface area (Å²) in [7, 11) is -0.0795. The van der Waals surface area contributed by atoms with Crippen molar-refractivity contribution in [1.82, 2.24) is 10.2 Å². The van der Waals surface area contributed by atoms with Crippen molar-refractivity contribution in [3.8, 4) is 5.75 Å². The minimum atomic E-state index is -1.70. The van der Waals surface area contributed by atoms with Gasteiger partial charge in [-0.1, -0.05) is 31.2 Å². The fourth-order valence-corrected chi connectivity index (χ4v) is 2.98. The molecule has 0 aliphatic carbocycles. The Bertz CT molecular complexity index is 756. The Hall–Kier alpha value is -2.42. The van der Waals surface area contributed by atoms with Gasteiger partial charge in [0.05, 0.1) is 13.1 Å². The van der Waals surface area contributed by atoms with E-state index in [1.54, 1.807) is 19.2 Å². The van der Waals surface area contributed by atoms with Gasteiger partial charge >= 0.3 is 7.12 Å². The maximum Gasteiger partial charge on any atom is 0.475 e. The van der Waals surface area contributed by atoms with Gasteiger partial charge in [0.2, 0.25) is 5.91 Å². The van der Waals surface area contributed by atoms with Crippen LogP contribution in [0.25, 0.3) is 0 Å². The molecule has 156 valence electrons. The molecule has 0 aliphatic rings. The van der Waals surface area contributed by atoms with Gasteiger partial charge in [0.25, 0.3) is 0 Å². The van der Waals surface area contributed by atoms with Gasteiger partial charge in [-0.05, 0) is 48.4 Å². The zero-order valence-electron chi connectivity index (χ0n) is 16.8. The number of ether oxygens (including phenoxy) is 1. The Morgan fingerprint density at radius 1 is 1.14 bits per heavy atom. The van der Waals surface area contributed by atoms with Crippen LogP contribution in [0.3, 0.4) is 0 Å². The summed E-state index contributed by atoms with van der Waals surface area (Å²) in [5, 5.41) is 21.8. The molecule has 0 saturated heterocycles. The summed E-state index contributed by atoms with van der Waals surface area (Å²) in [5.41, 5.74) is 1.83. The van der Waals surface area contributed by atoms with Crippen LogP contribution in [-0.2, 0) is 17.8 Å². The van der Waals surface area contributed by atoms with Gasteiger partial charge in [-0.25, -0.2) is 4.39 Å². The van der Waals surface area contributed by atoms with E-state index in [0.717, 1.165) is 17.9 Å². The number of hydrogen-bond donors (Lipinski definition) is 3. The average molecular weight is 402 g/mol. The normalized spacial score (nSPS) is 11.9. The van der Waals surface area contributed by atoms with Gasteiger partial charge in [-0.3, -0.25) is 9.69 Å². The molecule has 3 N–H and O–H groups in total. The third-order valence-electron chi connectivity index (χ3n) is 4.74. The molecule has 6 nitrogen and oxygen atoms in total. The van der Waals surface area contributed by atoms with E-state index in [2.05, 4.69) is 10.2 Å². The van der Waals surface area contributed by atoms with Crippen molar-refractivity contribution < 1.29 is 24.0 Å². The van der Waals surface area contributed by atoms with Crippen LogP contribution in [0.5, 0.6) is 5.75 Å². The maximum atomic E-state index is 13.0. The van der Waals surface area contributed by atoms with Crippen molar-refractivity contribution in [2.75, 3.05) is 20.2 Å². The van der Waals surface area contributed by atoms with Gasteiger partial charge in [-0.2, -0.15) is 0 Å². The highest BCUT2D eigenvalue weighted by atomic mass is 19.1. The summed E-state index contributed by atoms with van der Waals surface area (Å²) in [6.45, 7) is 4.05. The molecule has 0 heterocycles. The number of hydrogen-bond acceptors (Lipinski definition) is 5. The number of carbonyl (C=O) groups excluding carboxylic acids is 1. The van der Waals surface area contributed by atoms with Crippen molar-refractivity contribution in [2.45, 2.75) is 32.3 Å². The lowest BCUT2D eigenvalue weighted by atomic mass is 9.76. The molecule has 0 aromatic heterocycles. The molecule has 0 fully saturated rings. The topological polar surface area (TPSA) is 82.0 Å². The van der Waals surface area contributed by atoms with Crippen LogP contribution in [0.2, 0.25) is 0 Å². The summed E-state index contributed by atoms with van der Waals surface area (Å²) < 4.78 is 18.2. The zero-order chi connectivity index (χ0) is 21.2. The van der Waals surface area contributed by atoms with Gasteiger partial charge in [0, 0.05) is 19.5 Å². The minimum Gasteiger partial charge on any atom is -0.497 e. The SMILES string of the molecule is CCN(CCC(=O)N[C@@H](Cc1ccc(F)cc1)B(O)O)Cc1ccc(OC)cc1. The molecule has 0 bridgehead atoms. The zero-order valence-corrected chi connectivity index (χ0v) is 16.8. The molecule has 0 unspecified atom stereocenters. The van der Waals surface area contributed by atoms with Gasteiger partial charge in [0.15, 0.2) is 0 Å². The number of rotatable bonds is 11. The molecular weight excluding hydrogens is 374 g/mol. The van der Waals surface area contributed by atoms with Crippen LogP contribution in [0.1, 0.15) is 24.5 Å². The molecule has 2 aromatic rings. The van der Waals surface area contributed by atoms with Crippen LogP contribution in [0, 0.1) is 5.82 Å². The molecule has 2 aromatic carbocycles. The highest BCUT2D eigenvalue weighted by molar-refractivity contribution is 6.43. The first-order valence-electron chi connectivity index (χ1n) is 9.66. The lowest BCUT2D eigenvalue weighted by Crippen LogP contribution is -2.48. The molecular formula is C21H28BFN2O4. The number of carbonyl (C=O) groups is 1. The Labute approximate surface area is 171 Å². The highest BCUT2D eigenvalue weighted by Gasteiger charge is 2.25. The molecule has 0 aliphatic heterocycles. The first-order chi connectivity index (χ1) is 13.9. The Kier molecular flexibility index (Phi) is 9.11. The van der Waals surface area contributed by atoms with Gasteiger partial charge in [0.1, 0.15) is 11.6 Å². The highest BCUT2D eigenvalue weighted by Crippen LogP contribution is 2.13. The molecule has 0 radical (unpaired) electrons. The summed E-state index contributed by atoms with van der Waals surface area (Å²) in [6.07, 6.45) is 0.434. The fraction of sp³-hybridized carbons (Fsp3) is 0.381. The second-order valence-electron chi connectivity index (χ2n) is 6.89. The van der Waals surface area contributed by atoms with Crippen LogP contribution in [-0.4, -0.2) is 54.1 Å². The number of nitrogens with zero attached hydrogens (tertiary/aromatic N) is 1. The maximum absolute atomic E-state index is 13.0. The average Bonchev–Trinajstić information content (AvgIpc) is 2.72. The molecule has 8 heteroatoms. The van der Waals surface area contributed by atoms with Crippen molar-refractivity contribution in [3.05, 3.63) is 65.5 Å². The Balaban J connectivity index is 1.85. The number of methoxy groups -OCH3 is 1. The largest absolute Gasteiger partial charge is 0.497 e. The van der Waals surface area contributed by atoms with E-state index in [1.807, 2.05) is 31.2 Å². The first kappa shape index (κ1) is 22.9. The lowest BCUT2D eigenvalue weighted by Gasteiger charge is -2.22. The quantitative estimate of drug-likeness (QED) is 0.500. The molecule has 1 atom stereocenters. The van der Waals surface area contributed by atoms with Gasteiger partial charge in [-0.15, -0.1) is 0 Å². The summed E-state index contributed by atoms with van der Waals surface area (Å²) >= 11 is 0. The van der Waals surface area contributed by atoms with Crippen LogP contribution < -0.4 is 10.1 Å². The second-order valence-corrected chi connectivity index (χ2v) is 6.89. The Morgan fingerprint density at radius 2 is 1.76 bits per heavy atom. The minimum absolute atomic E-state index is 0.201. The Morgan fingerprint density at radius 3 is 2.31 bits per heavy atom. The molecule has 0 spiro atoms. The van der Waals surface area contributed by atoms with Crippen LogP contribution in [0.15, 0.2) is 48.5 Å². The van der Waals surface area contributed by atoms with Crippen molar-refractivity contribution in [2.24, 2.45) is 0 Å². The van der Waals surface area contributed by atoms with E-state index in [4.69, 9.17) is 4.74 Å². The number of halogens is 1. The standard InChI is InChI=1S/C21H28BFN2O4/c1-3-25(15-17-6-10-19(29-2)11-7-17)13-12-21(26)24-20(22(27)28)14-16-4-8-18(23)9-5-16/h4-11,20,27-28H,3,12-15H2,1-2H3,(H,24,26)/t20-/m0/s1. The summed E-state index contributed by atoms with van der Waals surface area (Å²) in [5.74, 6) is -0.690. The summed E-state index contributed by atoms with van der Waals surface area (Å²) in [6, 6.07) is 13.5. The van der Waals surface area contributed by atoms with E-state index >= 15 is 0 Å². The van der Waals surface area contributed by atoms with E-state index in [1.165, 1.54) is 12.1 Å². The van der Waals surface area contributed by atoms with Crippen LogP contribution >= 0.6 is 0 Å². The number of benzene rings is 2. The van der Waals surface area contributed by atoms with E-state index < -0.39 is 13.1 Å². The third-order valence-corrected chi connectivity index (χ3v) is 4.74. The monoisotopic (exact) mass is 402 g/mol. The summed E-state index contributed by atoms with van der Waals surface area (Å²) in [4.78, 5) is 14.5. The molecule has 29 heavy (non-hydrogen) atoms. The van der Waals surface area contributed by atoms with E-state index in [-0.39, 0.29) is 24.6 Å². The van der Waals surface area contributed by atoms with Gasteiger partial charge < -0.3 is 20.1 Å². The predicted octanol–water partition coefficient (Wildman–Crippen LogP) is 1.79. The van der Waals surface area contributed by atoms with E-state index in [9.17, 15) is 19.2 Å². The molecule has 1 amide bonds. The second kappa shape index (κ2) is 11.6. The number of amides is 1. The third kappa shape index (κ3) is 7.85. The van der Waals surface area contributed by atoms with Crippen molar-refractivity contribution >= 4 is 13.0 Å². The fourth-order valence-electron chi connectivity index (χ4n) is 2.98. The smallest absolute Gasteiger partial charge is 0.475 e.